The van der Waals surface area contributed by atoms with Crippen LogP contribution in [0.1, 0.15) is 59.8 Å². The minimum absolute atomic E-state index is 0.352. The van der Waals surface area contributed by atoms with Crippen molar-refractivity contribution in [1.29, 1.82) is 0 Å². The Morgan fingerprint density at radius 1 is 1.00 bits per heavy atom. The second kappa shape index (κ2) is 2.85. The first-order valence-electron chi connectivity index (χ1n) is 7.03. The van der Waals surface area contributed by atoms with E-state index >= 15 is 0 Å². The van der Waals surface area contributed by atoms with Crippen molar-refractivity contribution in [3.63, 3.8) is 0 Å². The van der Waals surface area contributed by atoms with Crippen LogP contribution in [-0.2, 0) is 0 Å². The summed E-state index contributed by atoms with van der Waals surface area (Å²) >= 11 is 0. The first kappa shape index (κ1) is 11.1. The van der Waals surface area contributed by atoms with Gasteiger partial charge in [-0.1, -0.05) is 20.8 Å². The van der Waals surface area contributed by atoms with E-state index in [0.29, 0.717) is 16.7 Å². The van der Waals surface area contributed by atoms with Gasteiger partial charge in [0, 0.05) is 0 Å². The Balaban J connectivity index is 2.10. The van der Waals surface area contributed by atoms with Crippen molar-refractivity contribution in [2.24, 2.45) is 28.6 Å². The number of fused-ring (bicyclic) bond motifs is 2. The van der Waals surface area contributed by atoms with Crippen molar-refractivity contribution >= 4 is 0 Å². The third-order valence-corrected chi connectivity index (χ3v) is 6.70. The van der Waals surface area contributed by atoms with Crippen molar-refractivity contribution in [3.05, 3.63) is 0 Å². The number of rotatable bonds is 0. The minimum Gasteiger partial charge on any atom is -0.390 e. The van der Waals surface area contributed by atoms with Gasteiger partial charge in [-0.3, -0.25) is 0 Å². The molecule has 1 spiro atoms. The summed E-state index contributed by atoms with van der Waals surface area (Å²) in [7, 11) is 0. The van der Waals surface area contributed by atoms with Gasteiger partial charge in [-0.2, -0.15) is 0 Å². The molecule has 16 heavy (non-hydrogen) atoms. The Morgan fingerprint density at radius 3 is 2.31 bits per heavy atom. The largest absolute Gasteiger partial charge is 0.390 e. The number of aliphatic hydroxyl groups is 1. The highest BCUT2D eigenvalue weighted by atomic mass is 16.3. The van der Waals surface area contributed by atoms with Crippen LogP contribution in [0.2, 0.25) is 0 Å². The summed E-state index contributed by atoms with van der Waals surface area (Å²) in [6.07, 6.45) is 6.49. The lowest BCUT2D eigenvalue weighted by atomic mass is 9.41. The highest BCUT2D eigenvalue weighted by Gasteiger charge is 2.67. The first-order valence-corrected chi connectivity index (χ1v) is 7.03. The van der Waals surface area contributed by atoms with E-state index in [1.165, 1.54) is 25.7 Å². The molecule has 0 amide bonds. The Hall–Kier alpha value is -0.0400. The second-order valence-corrected chi connectivity index (χ2v) is 7.71. The molecule has 0 aromatic carbocycles. The monoisotopic (exact) mass is 222 g/mol. The first-order chi connectivity index (χ1) is 7.31. The molecular formula is C15H26O. The third kappa shape index (κ3) is 1.06. The van der Waals surface area contributed by atoms with Crippen molar-refractivity contribution < 1.29 is 5.11 Å². The Bertz CT molecular complexity index is 317. The maximum Gasteiger partial charge on any atom is 0.0658 e. The average Bonchev–Trinajstić information content (AvgIpc) is 2.42. The van der Waals surface area contributed by atoms with Crippen LogP contribution in [0.5, 0.6) is 0 Å². The third-order valence-electron chi connectivity index (χ3n) is 6.70. The zero-order chi connectivity index (χ0) is 11.8. The molecule has 4 saturated carbocycles. The fourth-order valence-electron chi connectivity index (χ4n) is 6.18. The smallest absolute Gasteiger partial charge is 0.0658 e. The fourth-order valence-corrected chi connectivity index (χ4v) is 6.18. The van der Waals surface area contributed by atoms with E-state index in [0.717, 1.165) is 18.3 Å². The van der Waals surface area contributed by atoms with Crippen LogP contribution in [0.3, 0.4) is 0 Å². The summed E-state index contributed by atoms with van der Waals surface area (Å²) in [6.45, 7) is 9.36. The van der Waals surface area contributed by atoms with E-state index in [9.17, 15) is 5.11 Å². The van der Waals surface area contributed by atoms with E-state index in [2.05, 4.69) is 27.7 Å². The molecule has 0 aromatic rings. The Morgan fingerprint density at radius 2 is 1.69 bits per heavy atom. The molecule has 0 radical (unpaired) electrons. The van der Waals surface area contributed by atoms with E-state index in [1.54, 1.807) is 0 Å². The fraction of sp³-hybridized carbons (Fsp3) is 1.00. The van der Waals surface area contributed by atoms with Crippen LogP contribution in [0.25, 0.3) is 0 Å². The van der Waals surface area contributed by atoms with Crippen LogP contribution in [0, 0.1) is 28.6 Å². The molecule has 92 valence electrons. The van der Waals surface area contributed by atoms with Gasteiger partial charge < -0.3 is 5.11 Å². The van der Waals surface area contributed by atoms with Gasteiger partial charge in [-0.15, -0.1) is 0 Å². The highest BCUT2D eigenvalue weighted by Crippen LogP contribution is 2.72. The van der Waals surface area contributed by atoms with Gasteiger partial charge in [0.1, 0.15) is 0 Å². The molecule has 0 aliphatic heterocycles. The van der Waals surface area contributed by atoms with Gasteiger partial charge in [0.15, 0.2) is 0 Å². The molecule has 4 aliphatic rings. The Kier molecular flexibility index (Phi) is 1.98. The number of hydrogen-bond acceptors (Lipinski definition) is 1. The quantitative estimate of drug-likeness (QED) is 0.664. The second-order valence-electron chi connectivity index (χ2n) is 7.71. The van der Waals surface area contributed by atoms with Gasteiger partial charge in [-0.05, 0) is 67.6 Å². The van der Waals surface area contributed by atoms with Crippen LogP contribution in [0.15, 0.2) is 0 Å². The van der Waals surface area contributed by atoms with Crippen molar-refractivity contribution in [3.8, 4) is 0 Å². The van der Waals surface area contributed by atoms with Crippen LogP contribution < -0.4 is 0 Å². The van der Waals surface area contributed by atoms with Crippen molar-refractivity contribution in [2.75, 3.05) is 0 Å². The molecule has 0 unspecified atom stereocenters. The molecule has 0 saturated heterocycles. The molecule has 0 aromatic heterocycles. The van der Waals surface area contributed by atoms with Crippen molar-refractivity contribution in [1.82, 2.24) is 0 Å². The standard InChI is InChI=1S/C15H26O/c1-10-5-6-12-13(2,3)11-7-8-15(10,12)9-14(11,4)16/h10-12,16H,5-9H2,1-4H3/t10-,11-,12+,14-,15-/m1/s1. The van der Waals surface area contributed by atoms with Crippen LogP contribution in [-0.4, -0.2) is 10.7 Å². The lowest BCUT2D eigenvalue weighted by Crippen LogP contribution is -2.63. The molecule has 5 atom stereocenters. The zero-order valence-electron chi connectivity index (χ0n) is 11.2. The molecule has 4 aliphatic carbocycles. The molecular weight excluding hydrogens is 196 g/mol. The maximum absolute atomic E-state index is 10.8. The maximum atomic E-state index is 10.8. The minimum atomic E-state index is -0.406. The van der Waals surface area contributed by atoms with Crippen molar-refractivity contribution in [2.45, 2.75) is 65.4 Å². The lowest BCUT2D eigenvalue weighted by Gasteiger charge is -2.65. The summed E-state index contributed by atoms with van der Waals surface area (Å²) in [4.78, 5) is 0. The molecule has 1 nitrogen and oxygen atoms in total. The van der Waals surface area contributed by atoms with Gasteiger partial charge in [0.25, 0.3) is 0 Å². The average molecular weight is 222 g/mol. The van der Waals surface area contributed by atoms with Crippen LogP contribution >= 0.6 is 0 Å². The zero-order valence-corrected chi connectivity index (χ0v) is 11.2. The molecule has 4 fully saturated rings. The summed E-state index contributed by atoms with van der Waals surface area (Å²) in [5.41, 5.74) is 0.420. The van der Waals surface area contributed by atoms with E-state index in [-0.39, 0.29) is 0 Å². The van der Waals surface area contributed by atoms with Gasteiger partial charge >= 0.3 is 0 Å². The Labute approximate surface area is 99.6 Å². The predicted molar refractivity (Wildman–Crippen MR) is 66.1 cm³/mol. The van der Waals surface area contributed by atoms with Gasteiger partial charge in [0.05, 0.1) is 5.60 Å². The molecule has 4 rings (SSSR count). The van der Waals surface area contributed by atoms with Gasteiger partial charge in [0.2, 0.25) is 0 Å². The van der Waals surface area contributed by atoms with E-state index in [1.807, 2.05) is 0 Å². The summed E-state index contributed by atoms with van der Waals surface area (Å²) in [6, 6.07) is 0. The van der Waals surface area contributed by atoms with E-state index < -0.39 is 5.60 Å². The summed E-state index contributed by atoms with van der Waals surface area (Å²) < 4.78 is 0. The molecule has 0 heterocycles. The SMILES string of the molecule is C[C@@H]1CC[C@H]2C(C)(C)[C@H]3CC[C@@]12C[C@@]3(C)O. The normalized spacial score (nSPS) is 58.7. The van der Waals surface area contributed by atoms with E-state index in [4.69, 9.17) is 0 Å². The molecule has 1 N–H and O–H groups in total. The van der Waals surface area contributed by atoms with Crippen LogP contribution in [0.4, 0.5) is 0 Å². The summed E-state index contributed by atoms with van der Waals surface area (Å²) in [5, 5.41) is 10.8. The van der Waals surface area contributed by atoms with Gasteiger partial charge in [-0.25, -0.2) is 0 Å². The molecule has 2 bridgehead atoms. The predicted octanol–water partition coefficient (Wildman–Crippen LogP) is 3.61. The topological polar surface area (TPSA) is 20.2 Å². The lowest BCUT2D eigenvalue weighted by molar-refractivity contribution is -0.216. The summed E-state index contributed by atoms with van der Waals surface area (Å²) in [5.74, 6) is 2.22. The number of hydrogen-bond donors (Lipinski definition) is 1. The molecule has 1 heteroatoms. The highest BCUT2D eigenvalue weighted by molar-refractivity contribution is 5.16.